The molecule has 2 N–H and O–H groups in total. The van der Waals surface area contributed by atoms with Crippen molar-refractivity contribution in [2.45, 2.75) is 24.4 Å². The van der Waals surface area contributed by atoms with E-state index in [9.17, 15) is 0 Å². The van der Waals surface area contributed by atoms with Gasteiger partial charge in [-0.25, -0.2) is 0 Å². The summed E-state index contributed by atoms with van der Waals surface area (Å²) in [6, 6.07) is 7.62. The third-order valence-corrected chi connectivity index (χ3v) is 4.34. The Balaban J connectivity index is 2.06. The van der Waals surface area contributed by atoms with E-state index in [-0.39, 0.29) is 6.04 Å². The van der Waals surface area contributed by atoms with Crippen LogP contribution in [0.15, 0.2) is 35.4 Å². The van der Waals surface area contributed by atoms with Crippen LogP contribution < -0.4 is 10.5 Å². The molecule has 0 bridgehead atoms. The fraction of sp³-hybridized carbons (Fsp3) is 0.357. The first kappa shape index (κ1) is 15.2. The number of rotatable bonds is 6. The molecule has 0 spiro atoms. The van der Waals surface area contributed by atoms with Gasteiger partial charge in [-0.1, -0.05) is 11.6 Å². The van der Waals surface area contributed by atoms with Crippen LogP contribution in [-0.2, 0) is 6.54 Å². The first-order valence-electron chi connectivity index (χ1n) is 6.39. The normalized spacial score (nSPS) is 12.4. The summed E-state index contributed by atoms with van der Waals surface area (Å²) in [5.74, 6) is 1.50. The van der Waals surface area contributed by atoms with Crippen molar-refractivity contribution in [2.75, 3.05) is 12.9 Å². The first-order chi connectivity index (χ1) is 9.65. The van der Waals surface area contributed by atoms with Crippen molar-refractivity contribution in [3.63, 3.8) is 0 Å². The Labute approximate surface area is 128 Å². The number of hydrogen-bond acceptors (Lipinski definition) is 4. The van der Waals surface area contributed by atoms with Gasteiger partial charge < -0.3 is 10.5 Å². The van der Waals surface area contributed by atoms with E-state index < -0.39 is 0 Å². The molecule has 6 heteroatoms. The zero-order chi connectivity index (χ0) is 14.5. The molecule has 1 atom stereocenters. The van der Waals surface area contributed by atoms with E-state index >= 15 is 0 Å². The van der Waals surface area contributed by atoms with Crippen molar-refractivity contribution < 1.29 is 4.74 Å². The Morgan fingerprint density at radius 3 is 2.70 bits per heavy atom. The number of methoxy groups -OCH3 is 1. The van der Waals surface area contributed by atoms with Crippen LogP contribution in [0.5, 0.6) is 5.75 Å². The number of hydrogen-bond donors (Lipinski definition) is 1. The largest absolute Gasteiger partial charge is 0.493 e. The molecular weight excluding hydrogens is 294 g/mol. The molecule has 2 rings (SSSR count). The topological polar surface area (TPSA) is 53.1 Å². The Morgan fingerprint density at radius 1 is 1.40 bits per heavy atom. The van der Waals surface area contributed by atoms with Crippen LogP contribution >= 0.6 is 23.4 Å². The highest BCUT2D eigenvalue weighted by Gasteiger charge is 2.18. The molecule has 1 unspecified atom stereocenters. The summed E-state index contributed by atoms with van der Waals surface area (Å²) in [4.78, 5) is 1.14. The highest BCUT2D eigenvalue weighted by atomic mass is 35.5. The lowest BCUT2D eigenvalue weighted by Gasteiger charge is -2.14. The summed E-state index contributed by atoms with van der Waals surface area (Å²) < 4.78 is 7.21. The molecule has 0 saturated heterocycles. The number of ether oxygens (including phenoxy) is 1. The van der Waals surface area contributed by atoms with Crippen LogP contribution in [0.3, 0.4) is 0 Å². The Bertz CT molecular complexity index is 535. The number of thioether (sulfide) groups is 1. The zero-order valence-corrected chi connectivity index (χ0v) is 13.1. The third kappa shape index (κ3) is 3.48. The molecule has 0 aliphatic rings. The molecule has 0 aliphatic heterocycles. The molecule has 0 saturated carbocycles. The lowest BCUT2D eigenvalue weighted by molar-refractivity contribution is 0.403. The maximum absolute atomic E-state index is 6.28. The average Bonchev–Trinajstić information content (AvgIpc) is 2.89. The Kier molecular flexibility index (Phi) is 5.34. The van der Waals surface area contributed by atoms with Crippen molar-refractivity contribution >= 4 is 23.4 Å². The van der Waals surface area contributed by atoms with E-state index in [1.807, 2.05) is 35.9 Å². The van der Waals surface area contributed by atoms with E-state index in [0.717, 1.165) is 33.7 Å². The molecule has 0 aliphatic carbocycles. The van der Waals surface area contributed by atoms with Crippen LogP contribution in [0.1, 0.15) is 18.7 Å². The lowest BCUT2D eigenvalue weighted by atomic mass is 10.2. The van der Waals surface area contributed by atoms with Crippen molar-refractivity contribution in [1.82, 2.24) is 9.78 Å². The number of nitrogens with zero attached hydrogens (tertiary/aromatic N) is 2. The van der Waals surface area contributed by atoms with E-state index in [2.05, 4.69) is 5.10 Å². The molecule has 4 nitrogen and oxygen atoms in total. The van der Waals surface area contributed by atoms with E-state index in [0.29, 0.717) is 0 Å². The van der Waals surface area contributed by atoms with Crippen LogP contribution in [0.25, 0.3) is 0 Å². The second-order valence-electron chi connectivity index (χ2n) is 4.29. The third-order valence-electron chi connectivity index (χ3n) is 2.96. The highest BCUT2D eigenvalue weighted by Crippen LogP contribution is 2.29. The quantitative estimate of drug-likeness (QED) is 0.831. The second kappa shape index (κ2) is 7.02. The predicted molar refractivity (Wildman–Crippen MR) is 83.6 cm³/mol. The minimum atomic E-state index is -0.131. The SMILES string of the molecule is CCn1ncc(OC)c1C(N)CSc1ccc(Cl)cc1. The second-order valence-corrected chi connectivity index (χ2v) is 5.82. The molecule has 1 aromatic heterocycles. The predicted octanol–water partition coefficient (Wildman–Crippen LogP) is 3.36. The van der Waals surface area contributed by atoms with Crippen LogP contribution in [0.4, 0.5) is 0 Å². The number of halogens is 1. The van der Waals surface area contributed by atoms with Gasteiger partial charge in [-0.2, -0.15) is 5.10 Å². The van der Waals surface area contributed by atoms with E-state index in [1.54, 1.807) is 25.1 Å². The number of nitrogens with two attached hydrogens (primary N) is 1. The van der Waals surface area contributed by atoms with Gasteiger partial charge in [0.05, 0.1) is 25.0 Å². The summed E-state index contributed by atoms with van der Waals surface area (Å²) in [6.07, 6.45) is 1.71. The minimum absolute atomic E-state index is 0.131. The summed E-state index contributed by atoms with van der Waals surface area (Å²) >= 11 is 7.57. The molecule has 0 radical (unpaired) electrons. The number of benzene rings is 1. The first-order valence-corrected chi connectivity index (χ1v) is 7.75. The van der Waals surface area contributed by atoms with Crippen molar-refractivity contribution in [1.29, 1.82) is 0 Å². The summed E-state index contributed by atoms with van der Waals surface area (Å²) in [7, 11) is 1.64. The van der Waals surface area contributed by atoms with E-state index in [4.69, 9.17) is 22.1 Å². The lowest BCUT2D eigenvalue weighted by Crippen LogP contribution is -2.19. The number of aryl methyl sites for hydroxylation is 1. The minimum Gasteiger partial charge on any atom is -0.493 e. The zero-order valence-electron chi connectivity index (χ0n) is 11.5. The van der Waals surface area contributed by atoms with Gasteiger partial charge in [-0.15, -0.1) is 11.8 Å². The molecular formula is C14H18ClN3OS. The van der Waals surface area contributed by atoms with Gasteiger partial charge in [0, 0.05) is 22.2 Å². The fourth-order valence-corrected chi connectivity index (χ4v) is 2.94. The molecule has 0 amide bonds. The van der Waals surface area contributed by atoms with Crippen molar-refractivity contribution in [2.24, 2.45) is 5.73 Å². The molecule has 2 aromatic rings. The van der Waals surface area contributed by atoms with E-state index in [1.165, 1.54) is 0 Å². The summed E-state index contributed by atoms with van der Waals surface area (Å²) in [5, 5.41) is 5.02. The standard InChI is InChI=1S/C14H18ClN3OS/c1-3-18-14(13(19-2)8-17-18)12(16)9-20-11-6-4-10(15)5-7-11/h4-8,12H,3,9,16H2,1-2H3. The van der Waals surface area contributed by atoms with Gasteiger partial charge in [0.1, 0.15) is 0 Å². The summed E-state index contributed by atoms with van der Waals surface area (Å²) in [5.41, 5.74) is 7.22. The summed E-state index contributed by atoms with van der Waals surface area (Å²) in [6.45, 7) is 2.81. The highest BCUT2D eigenvalue weighted by molar-refractivity contribution is 7.99. The fourth-order valence-electron chi connectivity index (χ4n) is 1.96. The van der Waals surface area contributed by atoms with Crippen LogP contribution in [0, 0.1) is 0 Å². The van der Waals surface area contributed by atoms with Gasteiger partial charge in [0.25, 0.3) is 0 Å². The van der Waals surface area contributed by atoms with Crippen LogP contribution in [0.2, 0.25) is 5.02 Å². The van der Waals surface area contributed by atoms with Gasteiger partial charge in [-0.3, -0.25) is 4.68 Å². The van der Waals surface area contributed by atoms with Crippen LogP contribution in [-0.4, -0.2) is 22.6 Å². The Hall–Kier alpha value is -1.17. The Morgan fingerprint density at radius 2 is 2.10 bits per heavy atom. The molecule has 108 valence electrons. The average molecular weight is 312 g/mol. The molecule has 1 aromatic carbocycles. The van der Waals surface area contributed by atoms with Gasteiger partial charge in [-0.05, 0) is 31.2 Å². The monoisotopic (exact) mass is 311 g/mol. The smallest absolute Gasteiger partial charge is 0.161 e. The molecule has 0 fully saturated rings. The van der Waals surface area contributed by atoms with Gasteiger partial charge in [0.15, 0.2) is 5.75 Å². The van der Waals surface area contributed by atoms with Crippen molar-refractivity contribution in [3.8, 4) is 5.75 Å². The molecule has 20 heavy (non-hydrogen) atoms. The van der Waals surface area contributed by atoms with Gasteiger partial charge >= 0.3 is 0 Å². The number of aromatic nitrogens is 2. The molecule has 1 heterocycles. The van der Waals surface area contributed by atoms with Gasteiger partial charge in [0.2, 0.25) is 0 Å². The maximum atomic E-state index is 6.28. The maximum Gasteiger partial charge on any atom is 0.161 e. The van der Waals surface area contributed by atoms with Crippen molar-refractivity contribution in [3.05, 3.63) is 41.2 Å².